The van der Waals surface area contributed by atoms with Gasteiger partial charge < -0.3 is 16.0 Å². The molecule has 0 bridgehead atoms. The fourth-order valence-electron chi connectivity index (χ4n) is 2.78. The van der Waals surface area contributed by atoms with Crippen LogP contribution in [0.15, 0.2) is 0 Å². The maximum Gasteiger partial charge on any atom is 0.222 e. The number of amides is 2. The smallest absolute Gasteiger partial charge is 0.222 e. The van der Waals surface area contributed by atoms with E-state index in [4.69, 9.17) is 5.73 Å². The molecule has 1 aliphatic rings. The minimum Gasteiger partial charge on any atom is -0.352 e. The zero-order valence-corrected chi connectivity index (χ0v) is 14.6. The molecule has 1 unspecified atom stereocenters. The molecule has 0 aliphatic carbocycles. The highest BCUT2D eigenvalue weighted by molar-refractivity contribution is 5.85. The van der Waals surface area contributed by atoms with Crippen molar-refractivity contribution in [2.45, 2.75) is 70.8 Å². The van der Waals surface area contributed by atoms with Gasteiger partial charge in [0.25, 0.3) is 0 Å². The topological polar surface area (TPSA) is 75.4 Å². The lowest BCUT2D eigenvalue weighted by atomic mass is 10.0. The van der Waals surface area contributed by atoms with Gasteiger partial charge in [-0.05, 0) is 38.6 Å². The quantitative estimate of drug-likeness (QED) is 0.635. The third kappa shape index (κ3) is 8.59. The molecule has 1 atom stereocenters. The normalized spacial score (nSPS) is 17.7. The van der Waals surface area contributed by atoms with Crippen LogP contribution in [0.25, 0.3) is 0 Å². The molecule has 0 aromatic carbocycles. The number of carbonyl (C=O) groups is 2. The van der Waals surface area contributed by atoms with Crippen molar-refractivity contribution in [2.75, 3.05) is 19.6 Å². The van der Waals surface area contributed by atoms with E-state index in [0.717, 1.165) is 58.0 Å². The zero-order chi connectivity index (χ0) is 15.5. The number of rotatable bonds is 9. The van der Waals surface area contributed by atoms with Crippen LogP contribution < -0.4 is 11.1 Å². The summed E-state index contributed by atoms with van der Waals surface area (Å²) in [6, 6.07) is 0.138. The van der Waals surface area contributed by atoms with Crippen LogP contribution >= 0.6 is 12.4 Å². The molecule has 0 spiro atoms. The molecule has 0 radical (unpaired) electrons. The van der Waals surface area contributed by atoms with Crippen LogP contribution in [0.4, 0.5) is 0 Å². The van der Waals surface area contributed by atoms with E-state index in [0.29, 0.717) is 19.4 Å². The summed E-state index contributed by atoms with van der Waals surface area (Å²) >= 11 is 0. The highest BCUT2D eigenvalue weighted by Crippen LogP contribution is 2.13. The second-order valence-corrected chi connectivity index (χ2v) is 5.95. The van der Waals surface area contributed by atoms with Crippen LogP contribution in [0.1, 0.15) is 64.7 Å². The van der Waals surface area contributed by atoms with Crippen molar-refractivity contribution >= 4 is 24.2 Å². The number of hydrogen-bond donors (Lipinski definition) is 2. The number of halogens is 1. The second kappa shape index (κ2) is 12.7. The third-order valence-electron chi connectivity index (χ3n) is 3.96. The Hall–Kier alpha value is -0.810. The minimum atomic E-state index is 0. The molecule has 0 saturated carbocycles. The Kier molecular flexibility index (Phi) is 12.2. The fraction of sp³-hybridized carbons (Fsp3) is 0.875. The van der Waals surface area contributed by atoms with E-state index in [2.05, 4.69) is 5.32 Å². The Morgan fingerprint density at radius 1 is 1.18 bits per heavy atom. The van der Waals surface area contributed by atoms with E-state index in [1.165, 1.54) is 0 Å². The molecule has 0 aromatic rings. The lowest BCUT2D eigenvalue weighted by Gasteiger charge is -2.33. The summed E-state index contributed by atoms with van der Waals surface area (Å²) in [6.45, 7) is 4.25. The van der Waals surface area contributed by atoms with E-state index in [1.807, 2.05) is 11.8 Å². The van der Waals surface area contributed by atoms with Crippen molar-refractivity contribution < 1.29 is 9.59 Å². The summed E-state index contributed by atoms with van der Waals surface area (Å²) in [5.74, 6) is 0.343. The molecule has 22 heavy (non-hydrogen) atoms. The maximum absolute atomic E-state index is 12.2. The number of nitrogens with one attached hydrogen (secondary N) is 1. The van der Waals surface area contributed by atoms with Crippen LogP contribution in [-0.2, 0) is 9.59 Å². The van der Waals surface area contributed by atoms with Gasteiger partial charge in [0.15, 0.2) is 0 Å². The van der Waals surface area contributed by atoms with Crippen molar-refractivity contribution in [3.63, 3.8) is 0 Å². The molecule has 6 heteroatoms. The first-order valence-electron chi connectivity index (χ1n) is 8.44. The van der Waals surface area contributed by atoms with Crippen LogP contribution in [0.2, 0.25) is 0 Å². The first-order valence-corrected chi connectivity index (χ1v) is 8.44. The lowest BCUT2D eigenvalue weighted by molar-refractivity contribution is -0.133. The lowest BCUT2D eigenvalue weighted by Crippen LogP contribution is -2.49. The van der Waals surface area contributed by atoms with Crippen molar-refractivity contribution in [2.24, 2.45) is 5.73 Å². The number of nitrogens with zero attached hydrogens (tertiary/aromatic N) is 1. The molecule has 3 N–H and O–H groups in total. The van der Waals surface area contributed by atoms with E-state index in [-0.39, 0.29) is 30.3 Å². The van der Waals surface area contributed by atoms with Gasteiger partial charge >= 0.3 is 0 Å². The van der Waals surface area contributed by atoms with Crippen LogP contribution in [0.3, 0.4) is 0 Å². The van der Waals surface area contributed by atoms with Gasteiger partial charge in [-0.25, -0.2) is 0 Å². The Bertz CT molecular complexity index is 327. The molecule has 1 aliphatic heterocycles. The van der Waals surface area contributed by atoms with E-state index in [9.17, 15) is 9.59 Å². The first kappa shape index (κ1) is 21.2. The molecule has 1 rings (SSSR count). The summed E-state index contributed by atoms with van der Waals surface area (Å²) in [5.41, 5.74) is 5.45. The number of likely N-dealkylation sites (tertiary alicyclic amines) is 1. The van der Waals surface area contributed by atoms with Crippen LogP contribution in [0, 0.1) is 0 Å². The number of piperidine rings is 1. The molecule has 1 saturated heterocycles. The highest BCUT2D eigenvalue weighted by Gasteiger charge is 2.24. The Morgan fingerprint density at radius 2 is 1.91 bits per heavy atom. The van der Waals surface area contributed by atoms with Gasteiger partial charge in [-0.2, -0.15) is 0 Å². The Balaban J connectivity index is 0.00000441. The highest BCUT2D eigenvalue weighted by atomic mass is 35.5. The predicted octanol–water partition coefficient (Wildman–Crippen LogP) is 2.22. The second-order valence-electron chi connectivity index (χ2n) is 5.95. The van der Waals surface area contributed by atoms with Crippen LogP contribution in [0.5, 0.6) is 0 Å². The van der Waals surface area contributed by atoms with E-state index < -0.39 is 0 Å². The molecule has 1 fully saturated rings. The summed E-state index contributed by atoms with van der Waals surface area (Å²) in [4.78, 5) is 25.7. The molecule has 0 aromatic heterocycles. The van der Waals surface area contributed by atoms with E-state index in [1.54, 1.807) is 0 Å². The standard InChI is InChI=1S/C16H31N3O2.ClH/c1-2-8-15(20)18-14-9-7-12-19(13-14)16(21)10-5-3-4-6-11-17;/h14H,2-13,17H2,1H3,(H,18,20);1H. The van der Waals surface area contributed by atoms with Crippen molar-refractivity contribution in [3.8, 4) is 0 Å². The fourth-order valence-corrected chi connectivity index (χ4v) is 2.78. The number of unbranched alkanes of at least 4 members (excludes halogenated alkanes) is 3. The van der Waals surface area contributed by atoms with Crippen molar-refractivity contribution in [1.29, 1.82) is 0 Å². The molecule has 130 valence electrons. The summed E-state index contributed by atoms with van der Waals surface area (Å²) in [6.07, 6.45) is 8.21. The molecular formula is C16H32ClN3O2. The SMILES string of the molecule is CCCC(=O)NC1CCCN(C(=O)CCCCCCN)C1.Cl. The first-order chi connectivity index (χ1) is 10.2. The maximum atomic E-state index is 12.2. The third-order valence-corrected chi connectivity index (χ3v) is 3.96. The molecular weight excluding hydrogens is 302 g/mol. The summed E-state index contributed by atoms with van der Waals surface area (Å²) in [5, 5.41) is 3.04. The van der Waals surface area contributed by atoms with Gasteiger partial charge in [0.2, 0.25) is 11.8 Å². The average Bonchev–Trinajstić information content (AvgIpc) is 2.47. The average molecular weight is 334 g/mol. The van der Waals surface area contributed by atoms with Crippen molar-refractivity contribution in [1.82, 2.24) is 10.2 Å². The summed E-state index contributed by atoms with van der Waals surface area (Å²) in [7, 11) is 0. The Labute approximate surface area is 140 Å². The molecule has 1 heterocycles. The van der Waals surface area contributed by atoms with Gasteiger partial charge in [0.1, 0.15) is 0 Å². The number of nitrogens with two attached hydrogens (primary N) is 1. The van der Waals surface area contributed by atoms with Gasteiger partial charge in [0, 0.05) is 32.0 Å². The van der Waals surface area contributed by atoms with Crippen molar-refractivity contribution in [3.05, 3.63) is 0 Å². The largest absolute Gasteiger partial charge is 0.352 e. The summed E-state index contributed by atoms with van der Waals surface area (Å²) < 4.78 is 0. The molecule has 2 amide bonds. The van der Waals surface area contributed by atoms with Gasteiger partial charge in [-0.3, -0.25) is 9.59 Å². The number of hydrogen-bond acceptors (Lipinski definition) is 3. The van der Waals surface area contributed by atoms with Crippen LogP contribution in [-0.4, -0.2) is 42.4 Å². The predicted molar refractivity (Wildman–Crippen MR) is 92.0 cm³/mol. The molecule has 5 nitrogen and oxygen atoms in total. The monoisotopic (exact) mass is 333 g/mol. The zero-order valence-electron chi connectivity index (χ0n) is 13.8. The van der Waals surface area contributed by atoms with Gasteiger partial charge in [0.05, 0.1) is 0 Å². The van der Waals surface area contributed by atoms with E-state index >= 15 is 0 Å². The number of carbonyl (C=O) groups excluding carboxylic acids is 2. The van der Waals surface area contributed by atoms with Gasteiger partial charge in [-0.15, -0.1) is 12.4 Å². The minimum absolute atomic E-state index is 0. The van der Waals surface area contributed by atoms with Gasteiger partial charge in [-0.1, -0.05) is 19.8 Å². The Morgan fingerprint density at radius 3 is 2.59 bits per heavy atom.